The molecular formula is C29H29N9O. The van der Waals surface area contributed by atoms with Gasteiger partial charge in [-0.2, -0.15) is 0 Å². The molecule has 0 aliphatic carbocycles. The van der Waals surface area contributed by atoms with Gasteiger partial charge in [0, 0.05) is 30.1 Å². The number of H-pyrrole nitrogens is 1. The molecule has 7 rings (SSSR count). The Morgan fingerprint density at radius 1 is 1.03 bits per heavy atom. The molecule has 6 heterocycles. The number of benzene rings is 1. The highest BCUT2D eigenvalue weighted by atomic mass is 16.5. The van der Waals surface area contributed by atoms with Gasteiger partial charge in [0.1, 0.15) is 23.1 Å². The van der Waals surface area contributed by atoms with E-state index in [9.17, 15) is 0 Å². The number of nitrogens with zero attached hydrogens (tertiary/aromatic N) is 6. The first kappa shape index (κ1) is 23.5. The molecular weight excluding hydrogens is 490 g/mol. The number of pyridine rings is 2. The second-order valence-electron chi connectivity index (χ2n) is 9.93. The van der Waals surface area contributed by atoms with Crippen molar-refractivity contribution in [3.63, 3.8) is 0 Å². The Balaban J connectivity index is 1.26. The third-order valence-corrected chi connectivity index (χ3v) is 7.16. The Labute approximate surface area is 225 Å². The van der Waals surface area contributed by atoms with Crippen LogP contribution in [0.3, 0.4) is 0 Å². The van der Waals surface area contributed by atoms with Crippen molar-refractivity contribution in [3.8, 4) is 22.7 Å². The van der Waals surface area contributed by atoms with Crippen LogP contribution in [0.15, 0.2) is 66.4 Å². The number of aromatic nitrogens is 6. The Morgan fingerprint density at radius 2 is 1.95 bits per heavy atom. The standard InChI is InChI=1S/C29H29N9O/c1-18-16-38(17-35-18)26-4-2-3-23-28(26)37-29(36-23)27-22-12-24(34-15-25(22)32-9-10-33-27)19-11-21(14-31-13-19)39-20-5-7-30-8-6-20/h2-4,11-17,20,30,32H,5-10H2,1H3,(H,36,37). The number of rotatable bonds is 5. The molecule has 0 spiro atoms. The van der Waals surface area contributed by atoms with Crippen LogP contribution in [-0.4, -0.2) is 67.5 Å². The molecule has 0 radical (unpaired) electrons. The number of piperidine rings is 1. The van der Waals surface area contributed by atoms with Crippen molar-refractivity contribution in [2.75, 3.05) is 31.5 Å². The van der Waals surface area contributed by atoms with Crippen LogP contribution in [0.5, 0.6) is 5.75 Å². The molecule has 39 heavy (non-hydrogen) atoms. The summed E-state index contributed by atoms with van der Waals surface area (Å²) >= 11 is 0. The van der Waals surface area contributed by atoms with Gasteiger partial charge in [-0.25, -0.2) is 9.97 Å². The number of imidazole rings is 2. The minimum absolute atomic E-state index is 0.204. The maximum Gasteiger partial charge on any atom is 0.157 e. The minimum atomic E-state index is 0.204. The number of hydrogen-bond acceptors (Lipinski definition) is 8. The average Bonchev–Trinajstić information content (AvgIpc) is 3.54. The second-order valence-corrected chi connectivity index (χ2v) is 9.93. The third-order valence-electron chi connectivity index (χ3n) is 7.16. The molecule has 1 fully saturated rings. The van der Waals surface area contributed by atoms with Crippen molar-refractivity contribution in [1.29, 1.82) is 0 Å². The van der Waals surface area contributed by atoms with Crippen molar-refractivity contribution in [3.05, 3.63) is 78.5 Å². The number of aliphatic imine (C=N–C) groups is 1. The average molecular weight is 520 g/mol. The molecule has 0 bridgehead atoms. The van der Waals surface area contributed by atoms with Crippen LogP contribution in [0.2, 0.25) is 0 Å². The van der Waals surface area contributed by atoms with Crippen LogP contribution < -0.4 is 15.4 Å². The number of nitrogens with one attached hydrogen (secondary N) is 3. The fourth-order valence-corrected chi connectivity index (χ4v) is 5.22. The van der Waals surface area contributed by atoms with Crippen molar-refractivity contribution >= 4 is 22.4 Å². The predicted molar refractivity (Wildman–Crippen MR) is 151 cm³/mol. The maximum absolute atomic E-state index is 6.24. The summed E-state index contributed by atoms with van der Waals surface area (Å²) in [5.41, 5.74) is 8.11. The lowest BCUT2D eigenvalue weighted by Crippen LogP contribution is -2.34. The van der Waals surface area contributed by atoms with E-state index >= 15 is 0 Å². The lowest BCUT2D eigenvalue weighted by Gasteiger charge is -2.23. The molecule has 2 aliphatic rings. The number of aromatic amines is 1. The largest absolute Gasteiger partial charge is 0.489 e. The zero-order valence-corrected chi connectivity index (χ0v) is 21.7. The van der Waals surface area contributed by atoms with Gasteiger partial charge < -0.3 is 24.9 Å². The lowest BCUT2D eigenvalue weighted by molar-refractivity contribution is 0.162. The van der Waals surface area contributed by atoms with Crippen LogP contribution in [0.25, 0.3) is 28.0 Å². The summed E-state index contributed by atoms with van der Waals surface area (Å²) in [7, 11) is 0. The van der Waals surface area contributed by atoms with Gasteiger partial charge in [0.25, 0.3) is 0 Å². The zero-order valence-electron chi connectivity index (χ0n) is 21.7. The van der Waals surface area contributed by atoms with Gasteiger partial charge in [0.05, 0.1) is 53.5 Å². The van der Waals surface area contributed by atoms with Gasteiger partial charge >= 0.3 is 0 Å². The van der Waals surface area contributed by atoms with Crippen molar-refractivity contribution < 1.29 is 4.74 Å². The summed E-state index contributed by atoms with van der Waals surface area (Å²) in [6.07, 6.45) is 11.5. The summed E-state index contributed by atoms with van der Waals surface area (Å²) in [4.78, 5) is 27.1. The maximum atomic E-state index is 6.24. The van der Waals surface area contributed by atoms with E-state index in [0.29, 0.717) is 6.54 Å². The van der Waals surface area contributed by atoms with E-state index in [4.69, 9.17) is 19.7 Å². The molecule has 10 nitrogen and oxygen atoms in total. The third kappa shape index (κ3) is 4.63. The number of para-hydroxylation sites is 1. The molecule has 0 atom stereocenters. The topological polar surface area (TPSA) is 118 Å². The van der Waals surface area contributed by atoms with Crippen LogP contribution in [0.1, 0.15) is 29.9 Å². The molecule has 5 aromatic rings. The zero-order chi connectivity index (χ0) is 26.2. The summed E-state index contributed by atoms with van der Waals surface area (Å²) in [6, 6.07) is 10.2. The van der Waals surface area contributed by atoms with Gasteiger partial charge in [-0.15, -0.1) is 0 Å². The fraction of sp³-hybridized carbons (Fsp3) is 0.276. The first-order chi connectivity index (χ1) is 19.2. The summed E-state index contributed by atoms with van der Waals surface area (Å²) in [6.45, 7) is 5.28. The van der Waals surface area contributed by atoms with E-state index in [-0.39, 0.29) is 6.10 Å². The molecule has 0 saturated carbocycles. The highest BCUT2D eigenvalue weighted by Gasteiger charge is 2.21. The van der Waals surface area contributed by atoms with Crippen molar-refractivity contribution in [2.24, 2.45) is 4.99 Å². The number of fused-ring (bicyclic) bond motifs is 2. The van der Waals surface area contributed by atoms with Gasteiger partial charge in [-0.05, 0) is 57.1 Å². The quantitative estimate of drug-likeness (QED) is 0.322. The number of anilines is 1. The van der Waals surface area contributed by atoms with Gasteiger partial charge in [0.2, 0.25) is 0 Å². The number of hydrogen-bond donors (Lipinski definition) is 3. The Kier molecular flexibility index (Phi) is 6.01. The monoisotopic (exact) mass is 519 g/mol. The van der Waals surface area contributed by atoms with Gasteiger partial charge in [-0.1, -0.05) is 6.07 Å². The first-order valence-corrected chi connectivity index (χ1v) is 13.3. The number of ether oxygens (including phenoxy) is 1. The molecule has 3 N–H and O–H groups in total. The highest BCUT2D eigenvalue weighted by molar-refractivity contribution is 6.15. The van der Waals surface area contributed by atoms with Crippen LogP contribution in [-0.2, 0) is 0 Å². The Bertz CT molecular complexity index is 1680. The fourth-order valence-electron chi connectivity index (χ4n) is 5.22. The normalized spacial score (nSPS) is 15.9. The molecule has 1 saturated heterocycles. The van der Waals surface area contributed by atoms with E-state index in [0.717, 1.165) is 94.7 Å². The predicted octanol–water partition coefficient (Wildman–Crippen LogP) is 3.91. The van der Waals surface area contributed by atoms with Crippen molar-refractivity contribution in [2.45, 2.75) is 25.9 Å². The molecule has 1 aromatic carbocycles. The van der Waals surface area contributed by atoms with E-state index in [1.165, 1.54) is 0 Å². The van der Waals surface area contributed by atoms with Crippen LogP contribution in [0, 0.1) is 6.92 Å². The molecule has 10 heteroatoms. The van der Waals surface area contributed by atoms with E-state index < -0.39 is 0 Å². The van der Waals surface area contributed by atoms with Gasteiger partial charge in [0.15, 0.2) is 5.82 Å². The number of aryl methyl sites for hydroxylation is 1. The molecule has 2 aliphatic heterocycles. The molecule has 0 amide bonds. The second kappa shape index (κ2) is 9.95. The van der Waals surface area contributed by atoms with E-state index in [1.54, 1.807) is 6.20 Å². The lowest BCUT2D eigenvalue weighted by atomic mass is 10.0. The Morgan fingerprint density at radius 3 is 2.82 bits per heavy atom. The van der Waals surface area contributed by atoms with E-state index in [1.807, 2.05) is 60.7 Å². The minimum Gasteiger partial charge on any atom is -0.489 e. The van der Waals surface area contributed by atoms with Crippen molar-refractivity contribution in [1.82, 2.24) is 34.8 Å². The summed E-state index contributed by atoms with van der Waals surface area (Å²) in [5, 5.41) is 6.84. The molecule has 196 valence electrons. The highest BCUT2D eigenvalue weighted by Crippen LogP contribution is 2.29. The summed E-state index contributed by atoms with van der Waals surface area (Å²) in [5.74, 6) is 1.49. The van der Waals surface area contributed by atoms with E-state index in [2.05, 4.69) is 31.7 Å². The van der Waals surface area contributed by atoms with Gasteiger partial charge in [-0.3, -0.25) is 15.0 Å². The Hall–Kier alpha value is -4.57. The van der Waals surface area contributed by atoms with Crippen LogP contribution in [0.4, 0.5) is 5.69 Å². The smallest absolute Gasteiger partial charge is 0.157 e. The molecule has 0 unspecified atom stereocenters. The summed E-state index contributed by atoms with van der Waals surface area (Å²) < 4.78 is 8.24. The first-order valence-electron chi connectivity index (χ1n) is 13.3. The van der Waals surface area contributed by atoms with Crippen LogP contribution >= 0.6 is 0 Å². The molecule has 4 aromatic heterocycles. The SMILES string of the molecule is Cc1cn(-c2cccc3[nH]c(C4=NCCNc5cnc(-c6cncc(OC7CCNCC7)c6)cc54)nc23)cn1.